The highest BCUT2D eigenvalue weighted by molar-refractivity contribution is 7.99. The van der Waals surface area contributed by atoms with E-state index < -0.39 is 10.0 Å². The van der Waals surface area contributed by atoms with Gasteiger partial charge in [0.1, 0.15) is 0 Å². The van der Waals surface area contributed by atoms with Crippen LogP contribution in [0.1, 0.15) is 5.56 Å². The summed E-state index contributed by atoms with van der Waals surface area (Å²) in [5.41, 5.74) is 1.35. The van der Waals surface area contributed by atoms with Crippen molar-refractivity contribution >= 4 is 21.8 Å². The Morgan fingerprint density at radius 3 is 2.26 bits per heavy atom. The van der Waals surface area contributed by atoms with Gasteiger partial charge in [-0.05, 0) is 29.9 Å². The average Bonchev–Trinajstić information content (AvgIpc) is 2.59. The molecular formula is C18H21NO2S2. The van der Waals surface area contributed by atoms with Crippen molar-refractivity contribution in [1.29, 1.82) is 0 Å². The molecule has 0 spiro atoms. The molecule has 1 N–H and O–H groups in total. The van der Waals surface area contributed by atoms with Crippen molar-refractivity contribution in [2.24, 2.45) is 0 Å². The number of aryl methyl sites for hydroxylation is 1. The fraction of sp³-hybridized carbons (Fsp3) is 0.222. The van der Waals surface area contributed by atoms with E-state index in [0.29, 0.717) is 11.4 Å². The molecule has 0 aliphatic carbocycles. The van der Waals surface area contributed by atoms with Crippen LogP contribution in [0.3, 0.4) is 0 Å². The minimum absolute atomic E-state index is 0.297. The van der Waals surface area contributed by atoms with Gasteiger partial charge in [-0.2, -0.15) is 11.8 Å². The summed E-state index contributed by atoms with van der Waals surface area (Å²) in [4.78, 5) is 0.297. The van der Waals surface area contributed by atoms with Crippen LogP contribution in [0.4, 0.5) is 0 Å². The molecule has 0 bridgehead atoms. The molecule has 0 heterocycles. The predicted molar refractivity (Wildman–Crippen MR) is 98.2 cm³/mol. The number of benzene rings is 2. The molecule has 0 radical (unpaired) electrons. The number of hydrogen-bond acceptors (Lipinski definition) is 3. The minimum atomic E-state index is -3.40. The van der Waals surface area contributed by atoms with Gasteiger partial charge in [-0.1, -0.05) is 60.7 Å². The second-order valence-electron chi connectivity index (χ2n) is 4.95. The van der Waals surface area contributed by atoms with Gasteiger partial charge >= 0.3 is 0 Å². The smallest absolute Gasteiger partial charge is 0.207 e. The highest BCUT2D eigenvalue weighted by Gasteiger charge is 2.10. The van der Waals surface area contributed by atoms with Crippen LogP contribution in [0.25, 0.3) is 0 Å². The normalized spacial score (nSPS) is 11.8. The van der Waals surface area contributed by atoms with Gasteiger partial charge in [-0.3, -0.25) is 0 Å². The van der Waals surface area contributed by atoms with Crippen LogP contribution in [0.15, 0.2) is 77.7 Å². The highest BCUT2D eigenvalue weighted by Crippen LogP contribution is 2.08. The van der Waals surface area contributed by atoms with Crippen LogP contribution in [-0.4, -0.2) is 26.5 Å². The van der Waals surface area contributed by atoms with E-state index in [2.05, 4.69) is 29.0 Å². The topological polar surface area (TPSA) is 46.2 Å². The summed E-state index contributed by atoms with van der Waals surface area (Å²) in [6.07, 6.45) is 4.92. The standard InChI is InChI=1S/C18H21NO2S2/c20-23(21,18-11-5-2-6-12-18)19-14-7-8-15-22-16-13-17-9-3-1-4-10-17/h1-12,19H,13-16H2/b8-7-. The van der Waals surface area contributed by atoms with Crippen molar-refractivity contribution in [1.82, 2.24) is 4.72 Å². The van der Waals surface area contributed by atoms with E-state index in [-0.39, 0.29) is 0 Å². The summed E-state index contributed by atoms with van der Waals surface area (Å²) >= 11 is 1.84. The largest absolute Gasteiger partial charge is 0.240 e. The van der Waals surface area contributed by atoms with Gasteiger partial charge in [-0.15, -0.1) is 0 Å². The van der Waals surface area contributed by atoms with Crippen LogP contribution in [0, 0.1) is 0 Å². The first-order valence-electron chi connectivity index (χ1n) is 7.50. The van der Waals surface area contributed by atoms with E-state index in [1.54, 1.807) is 30.3 Å². The zero-order chi connectivity index (χ0) is 16.4. The van der Waals surface area contributed by atoms with Crippen molar-refractivity contribution < 1.29 is 8.42 Å². The molecule has 0 aliphatic rings. The quantitative estimate of drug-likeness (QED) is 0.558. The number of sulfonamides is 1. The molecule has 0 amide bonds. The molecule has 5 heteroatoms. The molecule has 0 aromatic heterocycles. The lowest BCUT2D eigenvalue weighted by molar-refractivity contribution is 0.585. The molecular weight excluding hydrogens is 326 g/mol. The van der Waals surface area contributed by atoms with Crippen molar-refractivity contribution in [3.05, 3.63) is 78.4 Å². The lowest BCUT2D eigenvalue weighted by Gasteiger charge is -2.03. The Bertz CT molecular complexity index is 698. The molecule has 0 fully saturated rings. The fourth-order valence-electron chi connectivity index (χ4n) is 1.98. The maximum absolute atomic E-state index is 12.0. The van der Waals surface area contributed by atoms with Crippen LogP contribution in [0.2, 0.25) is 0 Å². The Labute approximate surface area is 142 Å². The second-order valence-corrected chi connectivity index (χ2v) is 7.86. The van der Waals surface area contributed by atoms with E-state index in [0.717, 1.165) is 17.9 Å². The Hall–Kier alpha value is -1.56. The second kappa shape index (κ2) is 9.55. The Morgan fingerprint density at radius 1 is 0.913 bits per heavy atom. The monoisotopic (exact) mass is 347 g/mol. The Morgan fingerprint density at radius 2 is 1.57 bits per heavy atom. The molecule has 0 saturated carbocycles. The van der Waals surface area contributed by atoms with E-state index in [4.69, 9.17) is 0 Å². The van der Waals surface area contributed by atoms with Crippen molar-refractivity contribution in [3.63, 3.8) is 0 Å². The zero-order valence-corrected chi connectivity index (χ0v) is 14.5. The van der Waals surface area contributed by atoms with E-state index in [1.807, 2.05) is 30.0 Å². The highest BCUT2D eigenvalue weighted by atomic mass is 32.2. The van der Waals surface area contributed by atoms with Crippen LogP contribution in [-0.2, 0) is 16.4 Å². The molecule has 0 atom stereocenters. The molecule has 2 aromatic rings. The minimum Gasteiger partial charge on any atom is -0.207 e. The van der Waals surface area contributed by atoms with Gasteiger partial charge in [-0.25, -0.2) is 13.1 Å². The molecule has 2 rings (SSSR count). The van der Waals surface area contributed by atoms with Gasteiger partial charge in [0.2, 0.25) is 10.0 Å². The van der Waals surface area contributed by atoms with Crippen LogP contribution < -0.4 is 4.72 Å². The molecule has 2 aromatic carbocycles. The van der Waals surface area contributed by atoms with Gasteiger partial charge in [0.15, 0.2) is 0 Å². The molecule has 23 heavy (non-hydrogen) atoms. The first-order valence-corrected chi connectivity index (χ1v) is 10.1. The lowest BCUT2D eigenvalue weighted by atomic mass is 10.2. The van der Waals surface area contributed by atoms with Crippen molar-refractivity contribution in [2.75, 3.05) is 18.1 Å². The summed E-state index contributed by atoms with van der Waals surface area (Å²) < 4.78 is 26.5. The number of hydrogen-bond donors (Lipinski definition) is 1. The fourth-order valence-corrected chi connectivity index (χ4v) is 3.79. The summed E-state index contributed by atoms with van der Waals surface area (Å²) in [6, 6.07) is 18.8. The number of nitrogens with one attached hydrogen (secondary N) is 1. The summed E-state index contributed by atoms with van der Waals surface area (Å²) in [7, 11) is -3.40. The van der Waals surface area contributed by atoms with Gasteiger partial charge in [0.05, 0.1) is 4.90 Å². The summed E-state index contributed by atoms with van der Waals surface area (Å²) in [6.45, 7) is 0.316. The lowest BCUT2D eigenvalue weighted by Crippen LogP contribution is -2.23. The number of thioether (sulfide) groups is 1. The summed E-state index contributed by atoms with van der Waals surface area (Å²) in [5, 5.41) is 0. The SMILES string of the molecule is O=S(=O)(NC/C=C\CSCCc1ccccc1)c1ccccc1. The first kappa shape index (κ1) is 17.8. The van der Waals surface area contributed by atoms with E-state index >= 15 is 0 Å². The maximum Gasteiger partial charge on any atom is 0.240 e. The van der Waals surface area contributed by atoms with Crippen molar-refractivity contribution in [2.45, 2.75) is 11.3 Å². The van der Waals surface area contributed by atoms with Gasteiger partial charge < -0.3 is 0 Å². The van der Waals surface area contributed by atoms with Gasteiger partial charge in [0.25, 0.3) is 0 Å². The molecule has 0 aliphatic heterocycles. The predicted octanol–water partition coefficient (Wildman–Crippen LogP) is 3.50. The first-order chi connectivity index (χ1) is 11.2. The number of rotatable bonds is 9. The van der Waals surface area contributed by atoms with Gasteiger partial charge in [0, 0.05) is 12.3 Å². The van der Waals surface area contributed by atoms with Crippen LogP contribution in [0.5, 0.6) is 0 Å². The average molecular weight is 348 g/mol. The zero-order valence-electron chi connectivity index (χ0n) is 12.9. The third-order valence-electron chi connectivity index (χ3n) is 3.20. The molecule has 3 nitrogen and oxygen atoms in total. The summed E-state index contributed by atoms with van der Waals surface area (Å²) in [5.74, 6) is 1.95. The third kappa shape index (κ3) is 6.60. The maximum atomic E-state index is 12.0. The van der Waals surface area contributed by atoms with E-state index in [9.17, 15) is 8.42 Å². The molecule has 122 valence electrons. The third-order valence-corrected chi connectivity index (χ3v) is 5.56. The van der Waals surface area contributed by atoms with E-state index in [1.165, 1.54) is 5.56 Å². The Kier molecular flexibility index (Phi) is 7.39. The molecule has 0 unspecified atom stereocenters. The van der Waals surface area contributed by atoms with Crippen LogP contribution >= 0.6 is 11.8 Å². The Balaban J connectivity index is 1.62. The molecule has 0 saturated heterocycles. The van der Waals surface area contributed by atoms with Crippen molar-refractivity contribution in [3.8, 4) is 0 Å².